The van der Waals surface area contributed by atoms with Crippen LogP contribution in [-0.2, 0) is 6.54 Å². The molecule has 0 aromatic carbocycles. The number of rotatable bonds is 4. The summed E-state index contributed by atoms with van der Waals surface area (Å²) in [5.41, 5.74) is 1.33. The summed E-state index contributed by atoms with van der Waals surface area (Å²) in [6.07, 6.45) is 3.16. The first-order chi connectivity index (χ1) is 7.70. The summed E-state index contributed by atoms with van der Waals surface area (Å²) in [5.74, 6) is 0. The molecule has 90 valence electrons. The van der Waals surface area contributed by atoms with Gasteiger partial charge in [0.2, 0.25) is 0 Å². The maximum Gasteiger partial charge on any atom is 0.0527 e. The van der Waals surface area contributed by atoms with Gasteiger partial charge in [-0.3, -0.25) is 9.58 Å². The first-order valence-electron chi connectivity index (χ1n) is 6.12. The highest BCUT2D eigenvalue weighted by Crippen LogP contribution is 2.15. The number of hydrogen-bond donors (Lipinski definition) is 1. The zero-order valence-electron chi connectivity index (χ0n) is 10.5. The maximum absolute atomic E-state index is 4.37. The third-order valence-corrected chi connectivity index (χ3v) is 3.31. The van der Waals surface area contributed by atoms with E-state index >= 15 is 0 Å². The van der Waals surface area contributed by atoms with Gasteiger partial charge in [0.05, 0.1) is 5.69 Å². The van der Waals surface area contributed by atoms with E-state index in [2.05, 4.69) is 39.9 Å². The van der Waals surface area contributed by atoms with Crippen LogP contribution in [0.4, 0.5) is 0 Å². The lowest BCUT2D eigenvalue weighted by molar-refractivity contribution is 0.306. The summed E-state index contributed by atoms with van der Waals surface area (Å²) in [4.78, 5) is 2.50. The predicted octanol–water partition coefficient (Wildman–Crippen LogP) is 1.26. The van der Waals surface area contributed by atoms with Gasteiger partial charge >= 0.3 is 0 Å². The van der Waals surface area contributed by atoms with Crippen LogP contribution < -0.4 is 5.32 Å². The average Bonchev–Trinajstić information content (AvgIpc) is 2.87. The third kappa shape index (κ3) is 2.44. The smallest absolute Gasteiger partial charge is 0.0527 e. The zero-order chi connectivity index (χ0) is 11.5. The van der Waals surface area contributed by atoms with Gasteiger partial charge < -0.3 is 5.32 Å². The van der Waals surface area contributed by atoms with E-state index in [1.54, 1.807) is 0 Å². The van der Waals surface area contributed by atoms with E-state index in [1.165, 1.54) is 18.7 Å². The fourth-order valence-corrected chi connectivity index (χ4v) is 2.37. The highest BCUT2D eigenvalue weighted by Gasteiger charge is 2.21. The molecule has 0 spiro atoms. The molecule has 2 heterocycles. The number of nitrogens with one attached hydrogen (secondary N) is 1. The Hall–Kier alpha value is -0.870. The van der Waals surface area contributed by atoms with Crippen molar-refractivity contribution >= 4 is 0 Å². The fourth-order valence-electron chi connectivity index (χ4n) is 2.37. The molecule has 2 rings (SSSR count). The van der Waals surface area contributed by atoms with Gasteiger partial charge in [0.1, 0.15) is 0 Å². The van der Waals surface area contributed by atoms with E-state index in [1.807, 2.05) is 13.2 Å². The van der Waals surface area contributed by atoms with Crippen molar-refractivity contribution in [3.05, 3.63) is 18.0 Å². The lowest BCUT2D eigenvalue weighted by Crippen LogP contribution is -2.30. The van der Waals surface area contributed by atoms with Gasteiger partial charge in [-0.1, -0.05) is 0 Å². The fraction of sp³-hybridized carbons (Fsp3) is 0.750. The summed E-state index contributed by atoms with van der Waals surface area (Å²) in [6.45, 7) is 7.72. The minimum atomic E-state index is 0.452. The molecular weight excluding hydrogens is 200 g/mol. The molecule has 1 fully saturated rings. The van der Waals surface area contributed by atoms with Crippen LogP contribution in [-0.4, -0.2) is 40.9 Å². The second-order valence-electron chi connectivity index (χ2n) is 4.87. The molecule has 4 heteroatoms. The Morgan fingerprint density at radius 3 is 3.00 bits per heavy atom. The quantitative estimate of drug-likeness (QED) is 0.832. The first kappa shape index (κ1) is 11.6. The number of likely N-dealkylation sites (N-methyl/N-ethyl adjacent to an activating group) is 1. The highest BCUT2D eigenvalue weighted by atomic mass is 15.3. The summed E-state index contributed by atoms with van der Waals surface area (Å²) in [6, 6.07) is 3.25. The van der Waals surface area contributed by atoms with Crippen molar-refractivity contribution in [1.82, 2.24) is 20.0 Å². The van der Waals surface area contributed by atoms with E-state index in [0.717, 1.165) is 13.1 Å². The lowest BCUT2D eigenvalue weighted by atomic mass is 10.3. The van der Waals surface area contributed by atoms with Gasteiger partial charge in [-0.15, -0.1) is 0 Å². The SMILES string of the molecule is CNC1CCN(Cc2ccnn2C(C)C)C1. The minimum absolute atomic E-state index is 0.452. The van der Waals surface area contributed by atoms with Crippen LogP contribution in [0.5, 0.6) is 0 Å². The summed E-state index contributed by atoms with van der Waals surface area (Å²) < 4.78 is 2.12. The third-order valence-electron chi connectivity index (χ3n) is 3.31. The Morgan fingerprint density at radius 2 is 2.38 bits per heavy atom. The van der Waals surface area contributed by atoms with Crippen LogP contribution in [0.25, 0.3) is 0 Å². The van der Waals surface area contributed by atoms with Crippen LogP contribution >= 0.6 is 0 Å². The molecule has 0 amide bonds. The van der Waals surface area contributed by atoms with Crippen LogP contribution in [0.3, 0.4) is 0 Å². The summed E-state index contributed by atoms with van der Waals surface area (Å²) in [5, 5.41) is 7.72. The monoisotopic (exact) mass is 222 g/mol. The Balaban J connectivity index is 1.96. The molecule has 1 aliphatic rings. The van der Waals surface area contributed by atoms with Crippen LogP contribution in [0.2, 0.25) is 0 Å². The van der Waals surface area contributed by atoms with Crippen molar-refractivity contribution in [2.75, 3.05) is 20.1 Å². The Morgan fingerprint density at radius 1 is 1.56 bits per heavy atom. The summed E-state index contributed by atoms with van der Waals surface area (Å²) >= 11 is 0. The van der Waals surface area contributed by atoms with E-state index in [0.29, 0.717) is 12.1 Å². The van der Waals surface area contributed by atoms with Crippen LogP contribution in [0.1, 0.15) is 32.0 Å². The lowest BCUT2D eigenvalue weighted by Gasteiger charge is -2.18. The number of nitrogens with zero attached hydrogens (tertiary/aromatic N) is 3. The molecule has 4 nitrogen and oxygen atoms in total. The van der Waals surface area contributed by atoms with Crippen molar-refractivity contribution in [2.24, 2.45) is 0 Å². The van der Waals surface area contributed by atoms with E-state index in [-0.39, 0.29) is 0 Å². The van der Waals surface area contributed by atoms with Crippen molar-refractivity contribution < 1.29 is 0 Å². The van der Waals surface area contributed by atoms with Crippen LogP contribution in [0, 0.1) is 0 Å². The van der Waals surface area contributed by atoms with E-state index in [4.69, 9.17) is 0 Å². The molecule has 1 aliphatic heterocycles. The molecule has 1 N–H and O–H groups in total. The van der Waals surface area contributed by atoms with Crippen LogP contribution in [0.15, 0.2) is 12.3 Å². The number of likely N-dealkylation sites (tertiary alicyclic amines) is 1. The average molecular weight is 222 g/mol. The van der Waals surface area contributed by atoms with Gasteiger partial charge in [0.25, 0.3) is 0 Å². The Kier molecular flexibility index (Phi) is 3.61. The predicted molar refractivity (Wildman–Crippen MR) is 65.4 cm³/mol. The van der Waals surface area contributed by atoms with E-state index in [9.17, 15) is 0 Å². The number of aromatic nitrogens is 2. The van der Waals surface area contributed by atoms with Gasteiger partial charge in [-0.2, -0.15) is 5.10 Å². The largest absolute Gasteiger partial charge is 0.316 e. The number of hydrogen-bond acceptors (Lipinski definition) is 3. The first-order valence-corrected chi connectivity index (χ1v) is 6.12. The van der Waals surface area contributed by atoms with Crippen molar-refractivity contribution in [2.45, 2.75) is 38.9 Å². The second kappa shape index (κ2) is 4.97. The molecule has 1 aromatic heterocycles. The highest BCUT2D eigenvalue weighted by molar-refractivity contribution is 5.02. The molecule has 16 heavy (non-hydrogen) atoms. The van der Waals surface area contributed by atoms with Gasteiger partial charge in [-0.25, -0.2) is 0 Å². The molecule has 1 atom stereocenters. The molecule has 1 unspecified atom stereocenters. The zero-order valence-corrected chi connectivity index (χ0v) is 10.5. The standard InChI is InChI=1S/C12H22N4/c1-10(2)16-12(4-6-14-16)9-15-7-5-11(8-15)13-3/h4,6,10-11,13H,5,7-9H2,1-3H3. The Bertz CT molecular complexity index is 332. The van der Waals surface area contributed by atoms with Gasteiger partial charge in [0, 0.05) is 37.9 Å². The normalized spacial score (nSPS) is 22.1. The van der Waals surface area contributed by atoms with Gasteiger partial charge in [-0.05, 0) is 33.4 Å². The second-order valence-corrected chi connectivity index (χ2v) is 4.87. The minimum Gasteiger partial charge on any atom is -0.316 e. The maximum atomic E-state index is 4.37. The molecule has 0 radical (unpaired) electrons. The van der Waals surface area contributed by atoms with Gasteiger partial charge in [0.15, 0.2) is 0 Å². The van der Waals surface area contributed by atoms with Crippen molar-refractivity contribution in [1.29, 1.82) is 0 Å². The molecule has 1 aromatic rings. The molecule has 1 saturated heterocycles. The molecular formula is C12H22N4. The Labute approximate surface area is 97.6 Å². The van der Waals surface area contributed by atoms with Crippen molar-refractivity contribution in [3.63, 3.8) is 0 Å². The molecule has 0 bridgehead atoms. The molecule has 0 aliphatic carbocycles. The van der Waals surface area contributed by atoms with Crippen molar-refractivity contribution in [3.8, 4) is 0 Å². The summed E-state index contributed by atoms with van der Waals surface area (Å²) in [7, 11) is 2.05. The van der Waals surface area contributed by atoms with E-state index < -0.39 is 0 Å². The topological polar surface area (TPSA) is 33.1 Å². The molecule has 0 saturated carbocycles.